The van der Waals surface area contributed by atoms with Gasteiger partial charge < -0.3 is 10.0 Å². The number of hydrogen-bond donors (Lipinski definition) is 2. The molecule has 0 aliphatic carbocycles. The van der Waals surface area contributed by atoms with Crippen molar-refractivity contribution in [3.05, 3.63) is 47.7 Å². The first kappa shape index (κ1) is 19.0. The molecule has 1 aromatic heterocycles. The largest absolute Gasteiger partial charge is 0.481 e. The van der Waals surface area contributed by atoms with Gasteiger partial charge in [-0.25, -0.2) is 0 Å². The highest BCUT2D eigenvalue weighted by Gasteiger charge is 2.15. The summed E-state index contributed by atoms with van der Waals surface area (Å²) in [6.45, 7) is 7.44. The Labute approximate surface area is 160 Å². The first-order valence-corrected chi connectivity index (χ1v) is 9.35. The van der Waals surface area contributed by atoms with Crippen molar-refractivity contribution in [2.24, 2.45) is 5.92 Å². The Morgan fingerprint density at radius 2 is 2.04 bits per heavy atom. The van der Waals surface area contributed by atoms with Gasteiger partial charge >= 0.3 is 5.97 Å². The van der Waals surface area contributed by atoms with Gasteiger partial charge in [0, 0.05) is 36.7 Å². The lowest BCUT2D eigenvalue weighted by Crippen LogP contribution is -2.23. The fraction of sp³-hybridized carbons (Fsp3) is 0.364. The summed E-state index contributed by atoms with van der Waals surface area (Å²) in [5.74, 6) is -0.219. The third-order valence-corrected chi connectivity index (χ3v) is 4.86. The van der Waals surface area contributed by atoms with Gasteiger partial charge in [0.25, 0.3) is 0 Å². The Balaban J connectivity index is 2.10. The van der Waals surface area contributed by atoms with Crippen LogP contribution in [0.25, 0.3) is 22.0 Å². The Morgan fingerprint density at radius 1 is 1.26 bits per heavy atom. The van der Waals surface area contributed by atoms with Crippen molar-refractivity contribution in [1.29, 1.82) is 0 Å². The average molecular weight is 365 g/mol. The molecule has 0 saturated carbocycles. The molecule has 142 valence electrons. The standard InChI is InChI=1S/C22H27N3O2/c1-14(2)13-25(4)21-9-15(3)16(6-8-22(26)27)11-19(21)17-5-7-20-18(10-17)12-23-24-20/h5,7,9-12,14H,6,8,13H2,1-4H3,(H,23,24)(H,26,27). The number of hydrogen-bond acceptors (Lipinski definition) is 3. The molecule has 27 heavy (non-hydrogen) atoms. The van der Waals surface area contributed by atoms with E-state index in [1.807, 2.05) is 12.3 Å². The van der Waals surface area contributed by atoms with Crippen LogP contribution < -0.4 is 4.90 Å². The molecule has 0 unspecified atom stereocenters. The number of aryl methyl sites for hydroxylation is 2. The van der Waals surface area contributed by atoms with Crippen LogP contribution in [-0.2, 0) is 11.2 Å². The number of carboxylic acid groups (broad SMARTS) is 1. The number of carboxylic acids is 1. The van der Waals surface area contributed by atoms with Crippen molar-refractivity contribution in [3.63, 3.8) is 0 Å². The number of H-pyrrole nitrogens is 1. The summed E-state index contributed by atoms with van der Waals surface area (Å²) in [4.78, 5) is 13.3. The van der Waals surface area contributed by atoms with Crippen LogP contribution in [0.4, 0.5) is 5.69 Å². The lowest BCUT2D eigenvalue weighted by molar-refractivity contribution is -0.136. The fourth-order valence-corrected chi connectivity index (χ4v) is 3.55. The summed E-state index contributed by atoms with van der Waals surface area (Å²) in [6.07, 6.45) is 2.51. The maximum Gasteiger partial charge on any atom is 0.303 e. The van der Waals surface area contributed by atoms with Crippen molar-refractivity contribution in [2.45, 2.75) is 33.6 Å². The molecule has 0 radical (unpaired) electrons. The highest BCUT2D eigenvalue weighted by atomic mass is 16.4. The van der Waals surface area contributed by atoms with Gasteiger partial charge in [0.2, 0.25) is 0 Å². The van der Waals surface area contributed by atoms with E-state index < -0.39 is 5.97 Å². The molecule has 5 nitrogen and oxygen atoms in total. The molecular formula is C22H27N3O2. The number of nitrogens with one attached hydrogen (secondary N) is 1. The highest BCUT2D eigenvalue weighted by Crippen LogP contribution is 2.35. The van der Waals surface area contributed by atoms with Crippen molar-refractivity contribution in [1.82, 2.24) is 10.2 Å². The van der Waals surface area contributed by atoms with E-state index in [0.29, 0.717) is 12.3 Å². The maximum atomic E-state index is 11.0. The van der Waals surface area contributed by atoms with Gasteiger partial charge in [0.15, 0.2) is 0 Å². The lowest BCUT2D eigenvalue weighted by Gasteiger charge is -2.26. The average Bonchev–Trinajstić information content (AvgIpc) is 3.07. The van der Waals surface area contributed by atoms with Crippen LogP contribution >= 0.6 is 0 Å². The highest BCUT2D eigenvalue weighted by molar-refractivity contribution is 5.88. The first-order chi connectivity index (χ1) is 12.8. The number of benzene rings is 2. The normalized spacial score (nSPS) is 11.3. The van der Waals surface area contributed by atoms with E-state index >= 15 is 0 Å². The van der Waals surface area contributed by atoms with Crippen LogP contribution in [0.1, 0.15) is 31.4 Å². The monoisotopic (exact) mass is 365 g/mol. The second-order valence-electron chi connectivity index (χ2n) is 7.64. The van der Waals surface area contributed by atoms with E-state index in [9.17, 15) is 4.79 Å². The number of aromatic amines is 1. The van der Waals surface area contributed by atoms with Crippen LogP contribution in [0.5, 0.6) is 0 Å². The van der Waals surface area contributed by atoms with Crippen LogP contribution in [-0.4, -0.2) is 34.9 Å². The summed E-state index contributed by atoms with van der Waals surface area (Å²) >= 11 is 0. The second-order valence-corrected chi connectivity index (χ2v) is 7.64. The van der Waals surface area contributed by atoms with E-state index in [2.05, 4.69) is 67.2 Å². The Kier molecular flexibility index (Phi) is 5.49. The molecule has 0 amide bonds. The predicted molar refractivity (Wildman–Crippen MR) is 110 cm³/mol. The number of rotatable bonds is 7. The number of fused-ring (bicyclic) bond motifs is 1. The zero-order chi connectivity index (χ0) is 19.6. The molecule has 0 bridgehead atoms. The summed E-state index contributed by atoms with van der Waals surface area (Å²) in [7, 11) is 2.12. The fourth-order valence-electron chi connectivity index (χ4n) is 3.55. The summed E-state index contributed by atoms with van der Waals surface area (Å²) < 4.78 is 0. The van der Waals surface area contributed by atoms with Crippen LogP contribution in [0, 0.1) is 12.8 Å². The minimum absolute atomic E-state index is 0.141. The van der Waals surface area contributed by atoms with Crippen molar-refractivity contribution in [2.75, 3.05) is 18.5 Å². The quantitative estimate of drug-likeness (QED) is 0.639. The number of anilines is 1. The van der Waals surface area contributed by atoms with Gasteiger partial charge in [-0.2, -0.15) is 5.10 Å². The molecule has 0 aliphatic heterocycles. The number of aromatic nitrogens is 2. The van der Waals surface area contributed by atoms with E-state index in [0.717, 1.165) is 39.7 Å². The molecule has 2 aromatic carbocycles. The van der Waals surface area contributed by atoms with Gasteiger partial charge in [-0.1, -0.05) is 19.9 Å². The minimum atomic E-state index is -0.767. The Morgan fingerprint density at radius 3 is 2.74 bits per heavy atom. The Hall–Kier alpha value is -2.82. The molecule has 3 aromatic rings. The van der Waals surface area contributed by atoms with E-state index in [1.54, 1.807) is 0 Å². The van der Waals surface area contributed by atoms with Gasteiger partial charge in [-0.3, -0.25) is 9.89 Å². The smallest absolute Gasteiger partial charge is 0.303 e. The topological polar surface area (TPSA) is 69.2 Å². The molecule has 0 saturated heterocycles. The zero-order valence-electron chi connectivity index (χ0n) is 16.4. The zero-order valence-corrected chi connectivity index (χ0v) is 16.4. The summed E-state index contributed by atoms with van der Waals surface area (Å²) in [6, 6.07) is 10.6. The van der Waals surface area contributed by atoms with Crippen molar-refractivity contribution < 1.29 is 9.90 Å². The lowest BCUT2D eigenvalue weighted by atomic mass is 9.94. The van der Waals surface area contributed by atoms with Crippen LogP contribution in [0.15, 0.2) is 36.5 Å². The van der Waals surface area contributed by atoms with Crippen molar-refractivity contribution in [3.8, 4) is 11.1 Å². The number of carbonyl (C=O) groups is 1. The summed E-state index contributed by atoms with van der Waals surface area (Å²) in [5.41, 5.74) is 6.65. The summed E-state index contributed by atoms with van der Waals surface area (Å²) in [5, 5.41) is 17.2. The van der Waals surface area contributed by atoms with Gasteiger partial charge in [0.05, 0.1) is 11.7 Å². The predicted octanol–water partition coefficient (Wildman–Crippen LogP) is 4.65. The third-order valence-electron chi connectivity index (χ3n) is 4.86. The van der Waals surface area contributed by atoms with Crippen molar-refractivity contribution >= 4 is 22.6 Å². The molecule has 0 spiro atoms. The SMILES string of the molecule is Cc1cc(N(C)CC(C)C)c(-c2ccc3[nH]ncc3c2)cc1CCC(=O)O. The number of nitrogens with zero attached hydrogens (tertiary/aromatic N) is 2. The second kappa shape index (κ2) is 7.82. The maximum absolute atomic E-state index is 11.0. The van der Waals surface area contributed by atoms with E-state index in [4.69, 9.17) is 5.11 Å². The molecule has 0 aliphatic rings. The third kappa shape index (κ3) is 4.30. The minimum Gasteiger partial charge on any atom is -0.481 e. The molecule has 0 atom stereocenters. The Bertz CT molecular complexity index is 959. The van der Waals surface area contributed by atoms with E-state index in [1.165, 1.54) is 5.69 Å². The first-order valence-electron chi connectivity index (χ1n) is 9.35. The molecule has 5 heteroatoms. The molecule has 1 heterocycles. The van der Waals surface area contributed by atoms with Crippen LogP contribution in [0.2, 0.25) is 0 Å². The molecule has 3 rings (SSSR count). The van der Waals surface area contributed by atoms with Gasteiger partial charge in [0.1, 0.15) is 0 Å². The van der Waals surface area contributed by atoms with E-state index in [-0.39, 0.29) is 6.42 Å². The van der Waals surface area contributed by atoms with Crippen LogP contribution in [0.3, 0.4) is 0 Å². The van der Waals surface area contributed by atoms with Gasteiger partial charge in [-0.05, 0) is 60.2 Å². The molecule has 2 N–H and O–H groups in total. The van der Waals surface area contributed by atoms with Gasteiger partial charge in [-0.15, -0.1) is 0 Å². The molecule has 0 fully saturated rings. The molecular weight excluding hydrogens is 338 g/mol. The number of aliphatic carboxylic acids is 1.